The number of carbonyl (C=O) groups excluding carboxylic acids is 1. The molecule has 184 valence electrons. The molecule has 1 amide bonds. The molecular formula is C26H23Cl2N5O2S. The second-order valence-electron chi connectivity index (χ2n) is 8.79. The summed E-state index contributed by atoms with van der Waals surface area (Å²) in [6, 6.07) is 12.6. The van der Waals surface area contributed by atoms with Gasteiger partial charge in [-0.3, -0.25) is 9.59 Å². The highest BCUT2D eigenvalue weighted by atomic mass is 35.5. The molecule has 0 saturated heterocycles. The van der Waals surface area contributed by atoms with Gasteiger partial charge in [0, 0.05) is 40.9 Å². The molecule has 10 heteroatoms. The molecule has 0 radical (unpaired) electrons. The maximum Gasteiger partial charge on any atom is 0.263 e. The monoisotopic (exact) mass is 539 g/mol. The Morgan fingerprint density at radius 1 is 1.11 bits per heavy atom. The number of nitrogens with zero attached hydrogens (tertiary/aromatic N) is 4. The second kappa shape index (κ2) is 10.0. The quantitative estimate of drug-likeness (QED) is 0.352. The number of rotatable bonds is 5. The fourth-order valence-corrected chi connectivity index (χ4v) is 5.13. The molecule has 3 heterocycles. The third kappa shape index (κ3) is 4.76. The van der Waals surface area contributed by atoms with Gasteiger partial charge in [-0.2, -0.15) is 0 Å². The summed E-state index contributed by atoms with van der Waals surface area (Å²) in [5, 5.41) is 6.87. The van der Waals surface area contributed by atoms with Gasteiger partial charge in [-0.25, -0.2) is 14.5 Å². The Bertz CT molecular complexity index is 1480. The van der Waals surface area contributed by atoms with Crippen molar-refractivity contribution in [1.82, 2.24) is 19.4 Å². The molecule has 5 rings (SSSR count). The number of halogens is 2. The van der Waals surface area contributed by atoms with Crippen LogP contribution in [0.3, 0.4) is 0 Å². The summed E-state index contributed by atoms with van der Waals surface area (Å²) in [7, 11) is 0. The third-order valence-electron chi connectivity index (χ3n) is 5.91. The van der Waals surface area contributed by atoms with Crippen LogP contribution in [0.2, 0.25) is 10.0 Å². The number of thiazole rings is 1. The van der Waals surface area contributed by atoms with Crippen molar-refractivity contribution in [3.8, 4) is 16.3 Å². The Kier molecular flexibility index (Phi) is 6.83. The van der Waals surface area contributed by atoms with Gasteiger partial charge < -0.3 is 10.2 Å². The normalized spacial score (nSPS) is 13.1. The van der Waals surface area contributed by atoms with Gasteiger partial charge in [0.2, 0.25) is 5.95 Å². The Morgan fingerprint density at radius 2 is 1.89 bits per heavy atom. The Balaban J connectivity index is 1.50. The number of benzene rings is 2. The maximum atomic E-state index is 13.7. The summed E-state index contributed by atoms with van der Waals surface area (Å²) in [5.74, 6) is 0.265. The lowest BCUT2D eigenvalue weighted by Crippen LogP contribution is -2.41. The van der Waals surface area contributed by atoms with E-state index >= 15 is 0 Å². The van der Waals surface area contributed by atoms with E-state index in [0.717, 1.165) is 10.6 Å². The second-order valence-corrected chi connectivity index (χ2v) is 10.5. The molecule has 0 fully saturated rings. The number of anilines is 1. The van der Waals surface area contributed by atoms with Gasteiger partial charge in [0.05, 0.1) is 28.0 Å². The molecule has 1 aliphatic rings. The first-order valence-corrected chi connectivity index (χ1v) is 13.1. The molecule has 0 atom stereocenters. The Hall–Kier alpha value is -3.20. The SMILES string of the molecule is CC(C)Nc1nc2c(c(=O)n1-c1ccc(-c3nccs3)cc1)CCN(C(=O)c1ccc(Cl)c(Cl)c1)C2. The zero-order valence-corrected chi connectivity index (χ0v) is 22.0. The van der Waals surface area contributed by atoms with Crippen LogP contribution in [0.4, 0.5) is 5.95 Å². The molecule has 0 aliphatic carbocycles. The molecule has 2 aromatic carbocycles. The molecule has 36 heavy (non-hydrogen) atoms. The first-order chi connectivity index (χ1) is 17.3. The predicted octanol–water partition coefficient (Wildman–Crippen LogP) is 5.68. The largest absolute Gasteiger partial charge is 0.353 e. The minimum absolute atomic E-state index is 0.0494. The summed E-state index contributed by atoms with van der Waals surface area (Å²) >= 11 is 13.7. The van der Waals surface area contributed by atoms with E-state index in [-0.39, 0.29) is 24.1 Å². The fraction of sp³-hybridized carbons (Fsp3) is 0.231. The zero-order valence-electron chi connectivity index (χ0n) is 19.7. The number of amides is 1. The number of aromatic nitrogens is 3. The summed E-state index contributed by atoms with van der Waals surface area (Å²) in [6.07, 6.45) is 2.18. The van der Waals surface area contributed by atoms with Crippen LogP contribution in [0.15, 0.2) is 58.8 Å². The van der Waals surface area contributed by atoms with Crippen molar-refractivity contribution in [3.05, 3.63) is 91.3 Å². The Morgan fingerprint density at radius 3 is 2.56 bits per heavy atom. The number of nitrogens with one attached hydrogen (secondary N) is 1. The lowest BCUT2D eigenvalue weighted by Gasteiger charge is -2.29. The standard InChI is InChI=1S/C26H23Cl2N5O2S/c1-15(2)30-26-31-22-14-32(24(34)17-5-8-20(27)21(28)13-17)11-9-19(22)25(35)33(26)18-6-3-16(4-7-18)23-29-10-12-36-23/h3-8,10,12-13,15H,9,11,14H2,1-2H3,(H,30,31). The van der Waals surface area contributed by atoms with Gasteiger partial charge in [0.1, 0.15) is 5.01 Å². The molecule has 0 spiro atoms. The third-order valence-corrected chi connectivity index (χ3v) is 7.47. The topological polar surface area (TPSA) is 80.1 Å². The molecule has 2 aromatic heterocycles. The van der Waals surface area contributed by atoms with E-state index < -0.39 is 0 Å². The Labute approximate surface area is 222 Å². The number of hydrogen-bond acceptors (Lipinski definition) is 6. The van der Waals surface area contributed by atoms with Crippen LogP contribution in [0.5, 0.6) is 0 Å². The van der Waals surface area contributed by atoms with Gasteiger partial charge in [0.15, 0.2) is 0 Å². The van der Waals surface area contributed by atoms with E-state index in [1.165, 1.54) is 0 Å². The van der Waals surface area contributed by atoms with Crippen molar-refractivity contribution >= 4 is 46.4 Å². The van der Waals surface area contributed by atoms with Crippen molar-refractivity contribution < 1.29 is 4.79 Å². The number of carbonyl (C=O) groups is 1. The van der Waals surface area contributed by atoms with Crippen LogP contribution >= 0.6 is 34.5 Å². The molecular weight excluding hydrogens is 517 g/mol. The minimum Gasteiger partial charge on any atom is -0.353 e. The van der Waals surface area contributed by atoms with Gasteiger partial charge in [0.25, 0.3) is 11.5 Å². The van der Waals surface area contributed by atoms with Crippen molar-refractivity contribution in [2.45, 2.75) is 32.9 Å². The number of hydrogen-bond donors (Lipinski definition) is 1. The number of fused-ring (bicyclic) bond motifs is 1. The van der Waals surface area contributed by atoms with E-state index in [9.17, 15) is 9.59 Å². The van der Waals surface area contributed by atoms with E-state index in [2.05, 4.69) is 10.3 Å². The van der Waals surface area contributed by atoms with E-state index in [4.69, 9.17) is 28.2 Å². The lowest BCUT2D eigenvalue weighted by molar-refractivity contribution is 0.0731. The van der Waals surface area contributed by atoms with Crippen molar-refractivity contribution in [1.29, 1.82) is 0 Å². The highest BCUT2D eigenvalue weighted by Gasteiger charge is 2.27. The molecule has 1 N–H and O–H groups in total. The van der Waals surface area contributed by atoms with E-state index in [1.54, 1.807) is 45.2 Å². The molecule has 0 bridgehead atoms. The summed E-state index contributed by atoms with van der Waals surface area (Å²) in [5.41, 5.74) is 3.23. The fourth-order valence-electron chi connectivity index (χ4n) is 4.19. The molecule has 0 saturated carbocycles. The first kappa shape index (κ1) is 24.5. The van der Waals surface area contributed by atoms with Crippen LogP contribution < -0.4 is 10.9 Å². The van der Waals surface area contributed by atoms with Crippen LogP contribution in [-0.2, 0) is 13.0 Å². The van der Waals surface area contributed by atoms with Crippen LogP contribution in [0.25, 0.3) is 16.3 Å². The van der Waals surface area contributed by atoms with Crippen molar-refractivity contribution in [2.24, 2.45) is 0 Å². The lowest BCUT2D eigenvalue weighted by atomic mass is 10.0. The summed E-state index contributed by atoms with van der Waals surface area (Å²) in [6.45, 7) is 4.62. The molecule has 0 unspecified atom stereocenters. The van der Waals surface area contributed by atoms with Gasteiger partial charge in [-0.15, -0.1) is 11.3 Å². The van der Waals surface area contributed by atoms with Gasteiger partial charge in [-0.1, -0.05) is 23.2 Å². The van der Waals surface area contributed by atoms with Gasteiger partial charge >= 0.3 is 0 Å². The maximum absolute atomic E-state index is 13.7. The van der Waals surface area contributed by atoms with Crippen LogP contribution in [0, 0.1) is 0 Å². The average molecular weight is 540 g/mol. The predicted molar refractivity (Wildman–Crippen MR) is 145 cm³/mol. The van der Waals surface area contributed by atoms with Crippen LogP contribution in [0.1, 0.15) is 35.5 Å². The molecule has 1 aliphatic heterocycles. The first-order valence-electron chi connectivity index (χ1n) is 11.5. The van der Waals surface area contributed by atoms with Crippen LogP contribution in [-0.4, -0.2) is 37.9 Å². The van der Waals surface area contributed by atoms with Crippen molar-refractivity contribution in [2.75, 3.05) is 11.9 Å². The summed E-state index contributed by atoms with van der Waals surface area (Å²) in [4.78, 5) is 37.7. The smallest absolute Gasteiger partial charge is 0.263 e. The van der Waals surface area contributed by atoms with Gasteiger partial charge in [-0.05, 0) is 62.7 Å². The van der Waals surface area contributed by atoms with E-state index in [0.29, 0.717) is 51.5 Å². The average Bonchev–Trinajstić information content (AvgIpc) is 3.40. The molecule has 4 aromatic rings. The minimum atomic E-state index is -0.179. The summed E-state index contributed by atoms with van der Waals surface area (Å²) < 4.78 is 1.61. The molecule has 7 nitrogen and oxygen atoms in total. The van der Waals surface area contributed by atoms with Crippen molar-refractivity contribution in [3.63, 3.8) is 0 Å². The highest BCUT2D eigenvalue weighted by Crippen LogP contribution is 2.27. The zero-order chi connectivity index (χ0) is 25.4. The van der Waals surface area contributed by atoms with E-state index in [1.807, 2.05) is 43.5 Å². The highest BCUT2D eigenvalue weighted by molar-refractivity contribution is 7.13.